The van der Waals surface area contributed by atoms with Crippen LogP contribution in [-0.2, 0) is 13.6 Å². The number of hydrogen-bond donors (Lipinski definition) is 1. The molecule has 0 aliphatic heterocycles. The molecule has 2 rings (SSSR count). The molecule has 3 nitrogen and oxygen atoms in total. The molecule has 1 aliphatic carbocycles. The van der Waals surface area contributed by atoms with Gasteiger partial charge in [-0.3, -0.25) is 4.68 Å². The third kappa shape index (κ3) is 2.10. The molecule has 0 aromatic carbocycles. The second-order valence-corrected chi connectivity index (χ2v) is 3.95. The molecule has 1 saturated carbocycles. The van der Waals surface area contributed by atoms with Gasteiger partial charge in [-0.25, -0.2) is 0 Å². The Labute approximate surface area is 79.1 Å². The van der Waals surface area contributed by atoms with E-state index in [4.69, 9.17) is 0 Å². The summed E-state index contributed by atoms with van der Waals surface area (Å²) in [6.45, 7) is 3.21. The highest BCUT2D eigenvalue weighted by Crippen LogP contribution is 2.32. The Morgan fingerprint density at radius 2 is 2.46 bits per heavy atom. The van der Waals surface area contributed by atoms with Crippen LogP contribution in [0.15, 0.2) is 12.3 Å². The van der Waals surface area contributed by atoms with E-state index in [0.717, 1.165) is 12.5 Å². The Balaban J connectivity index is 1.81. The molecule has 1 fully saturated rings. The Hall–Kier alpha value is -0.830. The molecule has 3 heteroatoms. The number of aryl methyl sites for hydroxylation is 1. The van der Waals surface area contributed by atoms with Crippen LogP contribution in [0, 0.1) is 5.92 Å². The third-order valence-corrected chi connectivity index (χ3v) is 2.86. The summed E-state index contributed by atoms with van der Waals surface area (Å²) in [5.41, 5.74) is 1.26. The fourth-order valence-corrected chi connectivity index (χ4v) is 1.60. The van der Waals surface area contributed by atoms with Gasteiger partial charge >= 0.3 is 0 Å². The van der Waals surface area contributed by atoms with E-state index in [2.05, 4.69) is 23.4 Å². The van der Waals surface area contributed by atoms with Crippen molar-refractivity contribution in [2.24, 2.45) is 13.0 Å². The first-order valence-electron chi connectivity index (χ1n) is 4.97. The number of nitrogens with one attached hydrogen (secondary N) is 1. The highest BCUT2D eigenvalue weighted by Gasteiger charge is 2.27. The summed E-state index contributed by atoms with van der Waals surface area (Å²) in [6, 6.07) is 2.72. The number of aromatic nitrogens is 2. The monoisotopic (exact) mass is 179 g/mol. The van der Waals surface area contributed by atoms with E-state index in [9.17, 15) is 0 Å². The molecule has 1 aromatic rings. The maximum Gasteiger partial charge on any atom is 0.0518 e. The minimum atomic E-state index is 0.662. The Morgan fingerprint density at radius 3 is 3.00 bits per heavy atom. The maximum absolute atomic E-state index is 4.13. The van der Waals surface area contributed by atoms with E-state index in [1.54, 1.807) is 0 Å². The fourth-order valence-electron chi connectivity index (χ4n) is 1.60. The Kier molecular flexibility index (Phi) is 2.36. The maximum atomic E-state index is 4.13. The molecule has 1 aliphatic rings. The van der Waals surface area contributed by atoms with Crippen molar-refractivity contribution in [3.8, 4) is 0 Å². The predicted octanol–water partition coefficient (Wildman–Crippen LogP) is 1.31. The van der Waals surface area contributed by atoms with Crippen molar-refractivity contribution in [2.75, 3.05) is 0 Å². The van der Waals surface area contributed by atoms with Crippen LogP contribution in [0.4, 0.5) is 0 Å². The molecule has 72 valence electrons. The van der Waals surface area contributed by atoms with Crippen molar-refractivity contribution in [2.45, 2.75) is 32.4 Å². The van der Waals surface area contributed by atoms with Gasteiger partial charge in [0.2, 0.25) is 0 Å². The zero-order valence-corrected chi connectivity index (χ0v) is 8.33. The van der Waals surface area contributed by atoms with Gasteiger partial charge in [0.25, 0.3) is 0 Å². The van der Waals surface area contributed by atoms with E-state index in [0.29, 0.717) is 6.04 Å². The first-order chi connectivity index (χ1) is 6.27. The van der Waals surface area contributed by atoms with Crippen molar-refractivity contribution in [1.29, 1.82) is 0 Å². The fraction of sp³-hybridized carbons (Fsp3) is 0.700. The lowest BCUT2D eigenvalue weighted by Crippen LogP contribution is -2.28. The molecule has 1 atom stereocenters. The molecule has 0 amide bonds. The molecule has 0 bridgehead atoms. The third-order valence-electron chi connectivity index (χ3n) is 2.86. The van der Waals surface area contributed by atoms with Crippen LogP contribution < -0.4 is 5.32 Å². The Bertz CT molecular complexity index is 275. The smallest absolute Gasteiger partial charge is 0.0518 e. The molecular weight excluding hydrogens is 162 g/mol. The van der Waals surface area contributed by atoms with Crippen molar-refractivity contribution < 1.29 is 0 Å². The van der Waals surface area contributed by atoms with Crippen LogP contribution in [0.25, 0.3) is 0 Å². The van der Waals surface area contributed by atoms with Gasteiger partial charge in [-0.15, -0.1) is 0 Å². The molecule has 1 unspecified atom stereocenters. The average Bonchev–Trinajstić information content (AvgIpc) is 2.88. The topological polar surface area (TPSA) is 29.9 Å². The zero-order valence-electron chi connectivity index (χ0n) is 8.33. The number of rotatable bonds is 4. The summed E-state index contributed by atoms with van der Waals surface area (Å²) in [6.07, 6.45) is 4.65. The minimum Gasteiger partial charge on any atom is -0.308 e. The minimum absolute atomic E-state index is 0.662. The molecule has 0 radical (unpaired) electrons. The van der Waals surface area contributed by atoms with E-state index >= 15 is 0 Å². The van der Waals surface area contributed by atoms with E-state index in [-0.39, 0.29) is 0 Å². The van der Waals surface area contributed by atoms with Crippen LogP contribution in [0.1, 0.15) is 25.5 Å². The lowest BCUT2D eigenvalue weighted by atomic mass is 10.2. The lowest BCUT2D eigenvalue weighted by molar-refractivity contribution is 0.483. The van der Waals surface area contributed by atoms with Gasteiger partial charge in [-0.1, -0.05) is 0 Å². The SMILES string of the molecule is CC(NCc1ccnn1C)C1CC1. The molecule has 1 N–H and O–H groups in total. The summed E-state index contributed by atoms with van der Waals surface area (Å²) in [5.74, 6) is 0.924. The van der Waals surface area contributed by atoms with Gasteiger partial charge in [0, 0.05) is 25.8 Å². The van der Waals surface area contributed by atoms with Crippen molar-refractivity contribution in [3.05, 3.63) is 18.0 Å². The first-order valence-corrected chi connectivity index (χ1v) is 4.97. The van der Waals surface area contributed by atoms with Crippen LogP contribution in [-0.4, -0.2) is 15.8 Å². The van der Waals surface area contributed by atoms with Crippen LogP contribution >= 0.6 is 0 Å². The van der Waals surface area contributed by atoms with E-state index in [1.807, 2.05) is 17.9 Å². The number of hydrogen-bond acceptors (Lipinski definition) is 2. The zero-order chi connectivity index (χ0) is 9.26. The second-order valence-electron chi connectivity index (χ2n) is 3.95. The lowest BCUT2D eigenvalue weighted by Gasteiger charge is -2.12. The summed E-state index contributed by atoms with van der Waals surface area (Å²) in [7, 11) is 1.98. The summed E-state index contributed by atoms with van der Waals surface area (Å²) < 4.78 is 1.92. The largest absolute Gasteiger partial charge is 0.308 e. The Morgan fingerprint density at radius 1 is 1.69 bits per heavy atom. The van der Waals surface area contributed by atoms with Gasteiger partial charge in [-0.05, 0) is 31.7 Å². The van der Waals surface area contributed by atoms with Gasteiger partial charge in [0.1, 0.15) is 0 Å². The van der Waals surface area contributed by atoms with Gasteiger partial charge in [-0.2, -0.15) is 5.10 Å². The van der Waals surface area contributed by atoms with Crippen molar-refractivity contribution in [1.82, 2.24) is 15.1 Å². The van der Waals surface area contributed by atoms with E-state index < -0.39 is 0 Å². The molecule has 1 heterocycles. The van der Waals surface area contributed by atoms with Gasteiger partial charge in [0.05, 0.1) is 5.69 Å². The van der Waals surface area contributed by atoms with Crippen LogP contribution in [0.5, 0.6) is 0 Å². The summed E-state index contributed by atoms with van der Waals surface area (Å²) in [4.78, 5) is 0. The quantitative estimate of drug-likeness (QED) is 0.755. The molecule has 13 heavy (non-hydrogen) atoms. The highest BCUT2D eigenvalue weighted by molar-refractivity contribution is 5.00. The standard InChI is InChI=1S/C10H17N3/c1-8(9-3-4-9)11-7-10-5-6-12-13(10)2/h5-6,8-9,11H,3-4,7H2,1-2H3. The first kappa shape index (κ1) is 8.75. The van der Waals surface area contributed by atoms with Gasteiger partial charge in [0.15, 0.2) is 0 Å². The summed E-state index contributed by atoms with van der Waals surface area (Å²) in [5, 5.41) is 7.66. The normalized spacial score (nSPS) is 18.9. The number of nitrogens with zero attached hydrogens (tertiary/aromatic N) is 2. The molecule has 1 aromatic heterocycles. The predicted molar refractivity (Wildman–Crippen MR) is 52.2 cm³/mol. The molecular formula is C10H17N3. The second kappa shape index (κ2) is 3.50. The van der Waals surface area contributed by atoms with Gasteiger partial charge < -0.3 is 5.32 Å². The van der Waals surface area contributed by atoms with Crippen molar-refractivity contribution in [3.63, 3.8) is 0 Å². The van der Waals surface area contributed by atoms with Crippen LogP contribution in [0.2, 0.25) is 0 Å². The average molecular weight is 179 g/mol. The highest BCUT2D eigenvalue weighted by atomic mass is 15.3. The summed E-state index contributed by atoms with van der Waals surface area (Å²) >= 11 is 0. The van der Waals surface area contributed by atoms with Crippen LogP contribution in [0.3, 0.4) is 0 Å². The van der Waals surface area contributed by atoms with E-state index in [1.165, 1.54) is 18.5 Å². The van der Waals surface area contributed by atoms with Crippen molar-refractivity contribution >= 4 is 0 Å². The molecule has 0 spiro atoms. The molecule has 0 saturated heterocycles.